The van der Waals surface area contributed by atoms with Crippen LogP contribution in [-0.2, 0) is 9.22 Å². The summed E-state index contributed by atoms with van der Waals surface area (Å²) in [4.78, 5) is 12.4. The third-order valence-electron chi connectivity index (χ3n) is 5.60. The second kappa shape index (κ2) is 7.89. The Balaban J connectivity index is 2.04. The molecular formula is C23H30O2Si. The fraction of sp³-hybridized carbons (Fsp3) is 0.435. The molecule has 0 N–H and O–H groups in total. The zero-order valence-electron chi connectivity index (χ0n) is 16.2. The molecule has 2 nitrogen and oxygen atoms in total. The molecule has 0 saturated heterocycles. The molecule has 3 rings (SSSR count). The molecule has 26 heavy (non-hydrogen) atoms. The monoisotopic (exact) mass is 366 g/mol. The van der Waals surface area contributed by atoms with Crippen molar-refractivity contribution < 1.29 is 9.22 Å². The van der Waals surface area contributed by atoms with Gasteiger partial charge in [0, 0.05) is 18.9 Å². The molecule has 0 aromatic heterocycles. The number of ketones is 1. The molecule has 1 aliphatic rings. The number of hydrogen-bond donors (Lipinski definition) is 0. The molecule has 1 fully saturated rings. The molecule has 0 unspecified atom stereocenters. The molecule has 0 bridgehead atoms. The first-order valence-corrected chi connectivity index (χ1v) is 11.6. The molecule has 0 spiro atoms. The highest BCUT2D eigenvalue weighted by molar-refractivity contribution is 6.99. The summed E-state index contributed by atoms with van der Waals surface area (Å²) >= 11 is 0. The zero-order valence-corrected chi connectivity index (χ0v) is 17.2. The summed E-state index contributed by atoms with van der Waals surface area (Å²) < 4.78 is 6.89. The van der Waals surface area contributed by atoms with Crippen LogP contribution in [0.5, 0.6) is 0 Å². The number of rotatable bonds is 5. The molecule has 3 heteroatoms. The fourth-order valence-corrected chi connectivity index (χ4v) is 8.83. The number of benzene rings is 2. The summed E-state index contributed by atoms with van der Waals surface area (Å²) in [5.74, 6) is 0.444. The number of carbonyl (C=O) groups is 1. The minimum absolute atomic E-state index is 0.0343. The number of carbonyl (C=O) groups excluding carboxylic acids is 1. The fourth-order valence-electron chi connectivity index (χ4n) is 4.22. The largest absolute Gasteiger partial charge is 0.407 e. The van der Waals surface area contributed by atoms with E-state index in [4.69, 9.17) is 4.43 Å². The smallest absolute Gasteiger partial charge is 0.261 e. The van der Waals surface area contributed by atoms with Gasteiger partial charge >= 0.3 is 0 Å². The molecular weight excluding hydrogens is 336 g/mol. The van der Waals surface area contributed by atoms with Gasteiger partial charge in [0.15, 0.2) is 0 Å². The average molecular weight is 367 g/mol. The highest BCUT2D eigenvalue weighted by Crippen LogP contribution is 2.37. The van der Waals surface area contributed by atoms with Crippen LogP contribution in [0.15, 0.2) is 60.7 Å². The maximum Gasteiger partial charge on any atom is 0.261 e. The normalized spacial score (nSPS) is 18.7. The molecule has 2 aromatic rings. The van der Waals surface area contributed by atoms with Crippen LogP contribution in [0.1, 0.15) is 46.5 Å². The lowest BCUT2D eigenvalue weighted by Gasteiger charge is -2.43. The first-order chi connectivity index (χ1) is 12.4. The van der Waals surface area contributed by atoms with E-state index in [9.17, 15) is 4.79 Å². The van der Waals surface area contributed by atoms with Crippen LogP contribution < -0.4 is 10.4 Å². The molecule has 1 atom stereocenters. The molecule has 1 saturated carbocycles. The van der Waals surface area contributed by atoms with Crippen LogP contribution in [-0.4, -0.2) is 20.7 Å². The van der Waals surface area contributed by atoms with Gasteiger partial charge in [-0.25, -0.2) is 0 Å². The van der Waals surface area contributed by atoms with E-state index in [1.807, 2.05) is 0 Å². The molecule has 138 valence electrons. The van der Waals surface area contributed by atoms with Crippen molar-refractivity contribution in [1.82, 2.24) is 0 Å². The Morgan fingerprint density at radius 1 is 0.923 bits per heavy atom. The average Bonchev–Trinajstić information content (AvgIpc) is 2.64. The third-order valence-corrected chi connectivity index (χ3v) is 10.6. The molecule has 0 radical (unpaired) electrons. The van der Waals surface area contributed by atoms with Crippen LogP contribution in [0, 0.1) is 5.92 Å². The van der Waals surface area contributed by atoms with Gasteiger partial charge in [0.2, 0.25) is 0 Å². The number of hydrogen-bond acceptors (Lipinski definition) is 2. The lowest BCUT2D eigenvalue weighted by atomic mass is 9.89. The maximum atomic E-state index is 12.4. The van der Waals surface area contributed by atoms with Crippen molar-refractivity contribution in [1.29, 1.82) is 0 Å². The van der Waals surface area contributed by atoms with E-state index in [1.165, 1.54) is 10.4 Å². The molecule has 2 aromatic carbocycles. The van der Waals surface area contributed by atoms with Crippen molar-refractivity contribution in [3.05, 3.63) is 60.7 Å². The minimum Gasteiger partial charge on any atom is -0.407 e. The van der Waals surface area contributed by atoms with Crippen molar-refractivity contribution in [3.63, 3.8) is 0 Å². The topological polar surface area (TPSA) is 26.3 Å². The summed E-state index contributed by atoms with van der Waals surface area (Å²) in [5, 5.41) is 2.52. The van der Waals surface area contributed by atoms with Gasteiger partial charge in [-0.2, -0.15) is 0 Å². The zero-order chi connectivity index (χ0) is 18.6. The van der Waals surface area contributed by atoms with Crippen LogP contribution in [0.2, 0.25) is 5.04 Å². The Labute approximate surface area is 158 Å². The highest BCUT2D eigenvalue weighted by atomic mass is 28.4. The van der Waals surface area contributed by atoms with Gasteiger partial charge in [-0.05, 0) is 28.3 Å². The van der Waals surface area contributed by atoms with E-state index >= 15 is 0 Å². The Kier molecular flexibility index (Phi) is 5.78. The minimum atomic E-state index is -2.52. The van der Waals surface area contributed by atoms with Crippen molar-refractivity contribution in [2.45, 2.75) is 51.5 Å². The van der Waals surface area contributed by atoms with Gasteiger partial charge in [0.05, 0.1) is 0 Å². The molecule has 0 amide bonds. The van der Waals surface area contributed by atoms with Crippen molar-refractivity contribution >= 4 is 24.5 Å². The van der Waals surface area contributed by atoms with E-state index in [0.717, 1.165) is 25.7 Å². The van der Waals surface area contributed by atoms with Crippen LogP contribution in [0.4, 0.5) is 0 Å². The maximum absolute atomic E-state index is 12.4. The van der Waals surface area contributed by atoms with Crippen LogP contribution in [0.3, 0.4) is 0 Å². The summed E-state index contributed by atoms with van der Waals surface area (Å²) in [6.45, 7) is 7.39. The van der Waals surface area contributed by atoms with Gasteiger partial charge in [-0.1, -0.05) is 87.9 Å². The van der Waals surface area contributed by atoms with E-state index in [1.54, 1.807) is 0 Å². The Bertz CT molecular complexity index is 679. The molecule has 0 heterocycles. The van der Waals surface area contributed by atoms with Crippen LogP contribution in [0.25, 0.3) is 0 Å². The summed E-state index contributed by atoms with van der Waals surface area (Å²) in [6, 6.07) is 21.3. The van der Waals surface area contributed by atoms with E-state index in [2.05, 4.69) is 81.4 Å². The quantitative estimate of drug-likeness (QED) is 0.737. The van der Waals surface area contributed by atoms with Crippen molar-refractivity contribution in [2.75, 3.05) is 6.61 Å². The second-order valence-electron chi connectivity index (χ2n) is 8.38. The predicted molar refractivity (Wildman–Crippen MR) is 111 cm³/mol. The summed E-state index contributed by atoms with van der Waals surface area (Å²) in [6.07, 6.45) is 3.86. The van der Waals surface area contributed by atoms with E-state index < -0.39 is 8.32 Å². The lowest BCUT2D eigenvalue weighted by molar-refractivity contribution is -0.125. The lowest BCUT2D eigenvalue weighted by Crippen LogP contribution is -2.67. The third kappa shape index (κ3) is 3.69. The second-order valence-corrected chi connectivity index (χ2v) is 12.7. The van der Waals surface area contributed by atoms with Gasteiger partial charge < -0.3 is 4.43 Å². The Morgan fingerprint density at radius 2 is 1.46 bits per heavy atom. The van der Waals surface area contributed by atoms with Gasteiger partial charge in [0.25, 0.3) is 8.32 Å². The van der Waals surface area contributed by atoms with Gasteiger partial charge in [-0.3, -0.25) is 4.79 Å². The Morgan fingerprint density at radius 3 is 1.92 bits per heavy atom. The molecule has 0 aliphatic heterocycles. The summed E-state index contributed by atoms with van der Waals surface area (Å²) in [5.41, 5.74) is 0. The van der Waals surface area contributed by atoms with Crippen LogP contribution >= 0.6 is 0 Å². The SMILES string of the molecule is CC(C)(C)[Si](OC[C@H]1CCCCC1=O)(c1ccccc1)c1ccccc1. The molecule has 1 aliphatic carbocycles. The summed E-state index contributed by atoms with van der Waals surface area (Å²) in [7, 11) is -2.52. The first kappa shape index (κ1) is 19.1. The van der Waals surface area contributed by atoms with Gasteiger partial charge in [0.1, 0.15) is 5.78 Å². The van der Waals surface area contributed by atoms with Crippen molar-refractivity contribution in [3.8, 4) is 0 Å². The Hall–Kier alpha value is -1.71. The van der Waals surface area contributed by atoms with E-state index in [0.29, 0.717) is 12.4 Å². The highest BCUT2D eigenvalue weighted by Gasteiger charge is 2.50. The standard InChI is InChI=1S/C23H30O2Si/c1-23(2,3)26(20-13-6-4-7-14-20,21-15-8-5-9-16-21)25-18-19-12-10-11-17-22(19)24/h4-9,13-16,19H,10-12,17-18H2,1-3H3/t19-/m1/s1. The number of Topliss-reactive ketones (excluding diaryl/α,β-unsaturated/α-hetero) is 1. The first-order valence-electron chi connectivity index (χ1n) is 9.73. The predicted octanol–water partition coefficient (Wildman–Crippen LogP) is 4.32. The van der Waals surface area contributed by atoms with Gasteiger partial charge in [-0.15, -0.1) is 0 Å². The van der Waals surface area contributed by atoms with E-state index in [-0.39, 0.29) is 11.0 Å². The van der Waals surface area contributed by atoms with Crippen molar-refractivity contribution in [2.24, 2.45) is 5.92 Å².